The quantitative estimate of drug-likeness (QED) is 0.536. The molecule has 14 heavy (non-hydrogen) atoms. The van der Waals surface area contributed by atoms with Crippen molar-refractivity contribution in [3.63, 3.8) is 0 Å². The number of nitro groups is 1. The number of fused-ring (bicyclic) bond motifs is 1. The Balaban J connectivity index is 2.57. The Morgan fingerprint density at radius 1 is 1.57 bits per heavy atom. The highest BCUT2D eigenvalue weighted by Gasteiger charge is 2.26. The predicted octanol–water partition coefficient (Wildman–Crippen LogP) is 1.12. The van der Waals surface area contributed by atoms with E-state index in [2.05, 4.69) is 0 Å². The van der Waals surface area contributed by atoms with Gasteiger partial charge in [-0.25, -0.2) is 0 Å². The summed E-state index contributed by atoms with van der Waals surface area (Å²) in [6.45, 7) is 0.753. The van der Waals surface area contributed by atoms with Gasteiger partial charge in [0.2, 0.25) is 0 Å². The first-order valence-corrected chi connectivity index (χ1v) is 4.29. The van der Waals surface area contributed by atoms with Crippen molar-refractivity contribution >= 4 is 5.69 Å². The number of nitrogens with zero attached hydrogens (tertiary/aromatic N) is 1. The van der Waals surface area contributed by atoms with Gasteiger partial charge in [-0.3, -0.25) is 10.1 Å². The molecule has 1 aromatic rings. The van der Waals surface area contributed by atoms with Crippen LogP contribution in [0, 0.1) is 10.1 Å². The summed E-state index contributed by atoms with van der Waals surface area (Å²) in [6, 6.07) is 4.55. The molecule has 2 N–H and O–H groups in total. The molecule has 1 atom stereocenters. The first kappa shape index (κ1) is 9.11. The van der Waals surface area contributed by atoms with E-state index in [1.165, 1.54) is 6.07 Å². The van der Waals surface area contributed by atoms with Gasteiger partial charge in [0.1, 0.15) is 0 Å². The van der Waals surface area contributed by atoms with Gasteiger partial charge in [-0.05, 0) is 5.56 Å². The Morgan fingerprint density at radius 2 is 2.36 bits per heavy atom. The van der Waals surface area contributed by atoms with Crippen LogP contribution in [0.15, 0.2) is 18.2 Å². The topological polar surface area (TPSA) is 78.4 Å². The smallest absolute Gasteiger partial charge is 0.274 e. The number of benzene rings is 1. The lowest BCUT2D eigenvalue weighted by atomic mass is 9.98. The lowest BCUT2D eigenvalue weighted by Crippen LogP contribution is -2.24. The summed E-state index contributed by atoms with van der Waals surface area (Å²) in [5.74, 6) is 0. The van der Waals surface area contributed by atoms with E-state index < -0.39 is 4.92 Å². The fourth-order valence-corrected chi connectivity index (χ4v) is 1.69. The monoisotopic (exact) mass is 194 g/mol. The summed E-state index contributed by atoms with van der Waals surface area (Å²) >= 11 is 0. The Bertz CT molecular complexity index is 378. The maximum absolute atomic E-state index is 10.7. The van der Waals surface area contributed by atoms with Gasteiger partial charge >= 0.3 is 0 Å². The van der Waals surface area contributed by atoms with Gasteiger partial charge in [-0.1, -0.05) is 12.1 Å². The summed E-state index contributed by atoms with van der Waals surface area (Å²) < 4.78 is 5.20. The van der Waals surface area contributed by atoms with Crippen molar-refractivity contribution in [2.45, 2.75) is 12.6 Å². The van der Waals surface area contributed by atoms with E-state index in [0.29, 0.717) is 18.8 Å². The molecule has 1 unspecified atom stereocenters. The highest BCUT2D eigenvalue weighted by atomic mass is 16.6. The molecular formula is C9H10N2O3. The second kappa shape index (κ2) is 3.36. The molecule has 0 amide bonds. The van der Waals surface area contributed by atoms with E-state index in [1.807, 2.05) is 0 Å². The van der Waals surface area contributed by atoms with Crippen molar-refractivity contribution in [3.05, 3.63) is 39.4 Å². The minimum absolute atomic E-state index is 0.0956. The molecule has 0 bridgehead atoms. The molecule has 0 fully saturated rings. The highest BCUT2D eigenvalue weighted by Crippen LogP contribution is 2.31. The van der Waals surface area contributed by atoms with Crippen molar-refractivity contribution in [1.82, 2.24) is 0 Å². The van der Waals surface area contributed by atoms with Crippen LogP contribution in [-0.4, -0.2) is 11.5 Å². The minimum Gasteiger partial charge on any atom is -0.375 e. The van der Waals surface area contributed by atoms with Crippen LogP contribution >= 0.6 is 0 Å². The standard InChI is InChI=1S/C9H10N2O3/c10-7-5-14-4-6-2-1-3-8(9(6)7)11(12)13/h1-3,7H,4-5,10H2. The number of rotatable bonds is 1. The first-order valence-electron chi connectivity index (χ1n) is 4.29. The predicted molar refractivity (Wildman–Crippen MR) is 49.7 cm³/mol. The summed E-state index contributed by atoms with van der Waals surface area (Å²) in [4.78, 5) is 10.3. The van der Waals surface area contributed by atoms with Crippen molar-refractivity contribution in [1.29, 1.82) is 0 Å². The van der Waals surface area contributed by atoms with Crippen LogP contribution in [-0.2, 0) is 11.3 Å². The Kier molecular flexibility index (Phi) is 2.18. The maximum Gasteiger partial charge on any atom is 0.274 e. The van der Waals surface area contributed by atoms with Crippen molar-refractivity contribution in [3.8, 4) is 0 Å². The molecule has 1 heterocycles. The van der Waals surface area contributed by atoms with Crippen molar-refractivity contribution in [2.75, 3.05) is 6.61 Å². The molecule has 0 aliphatic carbocycles. The Labute approximate surface area is 80.6 Å². The second-order valence-electron chi connectivity index (χ2n) is 3.23. The molecule has 74 valence electrons. The van der Waals surface area contributed by atoms with E-state index in [4.69, 9.17) is 10.5 Å². The van der Waals surface area contributed by atoms with Crippen LogP contribution in [0.2, 0.25) is 0 Å². The van der Waals surface area contributed by atoms with E-state index in [-0.39, 0.29) is 11.7 Å². The zero-order chi connectivity index (χ0) is 10.1. The van der Waals surface area contributed by atoms with Gasteiger partial charge in [0.25, 0.3) is 5.69 Å². The lowest BCUT2D eigenvalue weighted by Gasteiger charge is -2.21. The number of hydrogen-bond acceptors (Lipinski definition) is 4. The third-order valence-electron chi connectivity index (χ3n) is 2.30. The number of nitrogens with two attached hydrogens (primary N) is 1. The Hall–Kier alpha value is -1.46. The van der Waals surface area contributed by atoms with Gasteiger partial charge < -0.3 is 10.5 Å². The number of hydrogen-bond donors (Lipinski definition) is 1. The van der Waals surface area contributed by atoms with Crippen molar-refractivity contribution < 1.29 is 9.66 Å². The molecule has 1 aromatic carbocycles. The highest BCUT2D eigenvalue weighted by molar-refractivity contribution is 5.48. The number of nitro benzene ring substituents is 1. The normalized spacial score (nSPS) is 20.2. The van der Waals surface area contributed by atoms with Crippen LogP contribution in [0.25, 0.3) is 0 Å². The van der Waals surface area contributed by atoms with Gasteiger partial charge in [0, 0.05) is 6.07 Å². The third-order valence-corrected chi connectivity index (χ3v) is 2.30. The molecular weight excluding hydrogens is 184 g/mol. The molecule has 1 aliphatic rings. The average molecular weight is 194 g/mol. The zero-order valence-corrected chi connectivity index (χ0v) is 7.47. The SMILES string of the molecule is NC1COCc2cccc([N+](=O)[O-])c21. The van der Waals surface area contributed by atoms with Gasteiger partial charge in [-0.15, -0.1) is 0 Å². The molecule has 5 nitrogen and oxygen atoms in total. The zero-order valence-electron chi connectivity index (χ0n) is 7.47. The molecule has 0 radical (unpaired) electrons. The summed E-state index contributed by atoms with van der Waals surface area (Å²) in [5.41, 5.74) is 7.28. The third kappa shape index (κ3) is 1.36. The van der Waals surface area contributed by atoms with E-state index in [9.17, 15) is 10.1 Å². The van der Waals surface area contributed by atoms with E-state index in [0.717, 1.165) is 5.56 Å². The van der Waals surface area contributed by atoms with Gasteiger partial charge in [-0.2, -0.15) is 0 Å². The van der Waals surface area contributed by atoms with E-state index in [1.54, 1.807) is 12.1 Å². The molecule has 0 saturated carbocycles. The summed E-state index contributed by atoms with van der Waals surface area (Å²) in [7, 11) is 0. The fourth-order valence-electron chi connectivity index (χ4n) is 1.69. The lowest BCUT2D eigenvalue weighted by molar-refractivity contribution is -0.386. The van der Waals surface area contributed by atoms with Gasteiger partial charge in [0.15, 0.2) is 0 Å². The molecule has 1 aliphatic heterocycles. The van der Waals surface area contributed by atoms with Crippen molar-refractivity contribution in [2.24, 2.45) is 5.73 Å². The minimum atomic E-state index is -0.399. The van der Waals surface area contributed by atoms with Crippen LogP contribution in [0.1, 0.15) is 17.2 Å². The van der Waals surface area contributed by atoms with Crippen LogP contribution in [0.5, 0.6) is 0 Å². The molecule has 0 saturated heterocycles. The number of ether oxygens (including phenoxy) is 1. The largest absolute Gasteiger partial charge is 0.375 e. The van der Waals surface area contributed by atoms with Gasteiger partial charge in [0.05, 0.1) is 29.7 Å². The molecule has 5 heteroatoms. The molecule has 2 rings (SSSR count). The summed E-state index contributed by atoms with van der Waals surface area (Å²) in [5, 5.41) is 10.7. The first-order chi connectivity index (χ1) is 6.70. The molecule has 0 spiro atoms. The second-order valence-corrected chi connectivity index (χ2v) is 3.23. The average Bonchev–Trinajstić information content (AvgIpc) is 2.17. The summed E-state index contributed by atoms with van der Waals surface area (Å²) in [6.07, 6.45) is 0. The Morgan fingerprint density at radius 3 is 3.07 bits per heavy atom. The fraction of sp³-hybridized carbons (Fsp3) is 0.333. The van der Waals surface area contributed by atoms with Crippen LogP contribution in [0.3, 0.4) is 0 Å². The van der Waals surface area contributed by atoms with Crippen LogP contribution in [0.4, 0.5) is 5.69 Å². The van der Waals surface area contributed by atoms with E-state index >= 15 is 0 Å². The maximum atomic E-state index is 10.7. The van der Waals surface area contributed by atoms with Crippen LogP contribution < -0.4 is 5.73 Å². The molecule has 0 aromatic heterocycles.